The Kier molecular flexibility index (Phi) is 8.39. The molecule has 2 aliphatic rings. The van der Waals surface area contributed by atoms with Gasteiger partial charge in [0, 0.05) is 35.9 Å². The predicted octanol–water partition coefficient (Wildman–Crippen LogP) is 0.513. The summed E-state index contributed by atoms with van der Waals surface area (Å²) < 4.78 is 9.12. The molecule has 2 aliphatic heterocycles. The molecule has 5 N–H and O–H groups in total. The van der Waals surface area contributed by atoms with E-state index < -0.39 is 40.9 Å². The standard InChI is InChI=1S/C20H27N7O7S2/c1-9-10(17(30)31)8-27-15(29)12(16(27)35-9)23-14(28)11(13-24-18(21)36-26-13)25-33-7-5-6-22-19(32)34-20(2,3)4/h8-9,12,16H,5-7H2,1-4H3,(H,22,32)(H,23,28)(H,30,31)(H2,21,24,26)/t9?,12?,16-/m1/s1. The normalized spacial score (nSPS) is 21.6. The summed E-state index contributed by atoms with van der Waals surface area (Å²) in [5.74, 6) is -2.37. The molecule has 3 heterocycles. The van der Waals surface area contributed by atoms with Gasteiger partial charge in [-0.3, -0.25) is 9.59 Å². The highest BCUT2D eigenvalue weighted by Gasteiger charge is 2.52. The van der Waals surface area contributed by atoms with Crippen LogP contribution in [0.2, 0.25) is 0 Å². The van der Waals surface area contributed by atoms with Gasteiger partial charge in [0.2, 0.25) is 11.5 Å². The molecule has 1 fully saturated rings. The Morgan fingerprint density at radius 2 is 2.06 bits per heavy atom. The van der Waals surface area contributed by atoms with Gasteiger partial charge in [-0.2, -0.15) is 9.36 Å². The molecule has 3 amide bonds. The van der Waals surface area contributed by atoms with Gasteiger partial charge in [0.05, 0.1) is 5.57 Å². The molecule has 0 aromatic carbocycles. The third-order valence-corrected chi connectivity index (χ3v) is 6.76. The minimum Gasteiger partial charge on any atom is -0.478 e. The number of carboxylic acids is 1. The number of carbonyl (C=O) groups excluding carboxylic acids is 3. The van der Waals surface area contributed by atoms with Crippen LogP contribution in [0.15, 0.2) is 16.9 Å². The van der Waals surface area contributed by atoms with Crippen LogP contribution in [0.1, 0.15) is 39.9 Å². The second kappa shape index (κ2) is 11.1. The van der Waals surface area contributed by atoms with E-state index in [4.69, 9.17) is 15.3 Å². The molecular formula is C20H27N7O7S2. The van der Waals surface area contributed by atoms with Crippen LogP contribution in [0.4, 0.5) is 9.93 Å². The molecule has 1 saturated heterocycles. The van der Waals surface area contributed by atoms with Gasteiger partial charge in [0.1, 0.15) is 23.6 Å². The van der Waals surface area contributed by atoms with Gasteiger partial charge >= 0.3 is 12.1 Å². The summed E-state index contributed by atoms with van der Waals surface area (Å²) in [6, 6.07) is -0.893. The van der Waals surface area contributed by atoms with Crippen molar-refractivity contribution in [2.75, 3.05) is 18.9 Å². The van der Waals surface area contributed by atoms with Crippen LogP contribution in [0.25, 0.3) is 0 Å². The average Bonchev–Trinajstić information content (AvgIpc) is 3.20. The fourth-order valence-corrected chi connectivity index (χ4v) is 4.94. The number of hydrogen-bond donors (Lipinski definition) is 4. The summed E-state index contributed by atoms with van der Waals surface area (Å²) in [4.78, 5) is 59.0. The molecule has 0 spiro atoms. The van der Waals surface area contributed by atoms with E-state index in [0.29, 0.717) is 6.42 Å². The van der Waals surface area contributed by atoms with Gasteiger partial charge in [-0.15, -0.1) is 11.8 Å². The maximum atomic E-state index is 13.0. The van der Waals surface area contributed by atoms with Crippen LogP contribution < -0.4 is 16.4 Å². The number of oxime groups is 1. The molecule has 2 unspecified atom stereocenters. The molecule has 0 bridgehead atoms. The lowest BCUT2D eigenvalue weighted by Crippen LogP contribution is -2.69. The zero-order valence-corrected chi connectivity index (χ0v) is 21.6. The van der Waals surface area contributed by atoms with E-state index in [-0.39, 0.29) is 40.6 Å². The van der Waals surface area contributed by atoms with Gasteiger partial charge in [0.15, 0.2) is 5.13 Å². The first-order valence-electron chi connectivity index (χ1n) is 10.9. The number of fused-ring (bicyclic) bond motifs is 1. The summed E-state index contributed by atoms with van der Waals surface area (Å²) in [7, 11) is 0. The minimum absolute atomic E-state index is 0.0566. The number of nitrogen functional groups attached to an aromatic ring is 1. The van der Waals surface area contributed by atoms with Crippen molar-refractivity contribution in [2.24, 2.45) is 5.16 Å². The molecule has 36 heavy (non-hydrogen) atoms. The molecule has 0 saturated carbocycles. The summed E-state index contributed by atoms with van der Waals surface area (Å²) >= 11 is 2.11. The number of alkyl carbamates (subject to hydrolysis) is 1. The number of hydrogen-bond acceptors (Lipinski definition) is 12. The molecule has 16 heteroatoms. The molecular weight excluding hydrogens is 514 g/mol. The van der Waals surface area contributed by atoms with Crippen molar-refractivity contribution in [3.05, 3.63) is 17.6 Å². The highest BCUT2D eigenvalue weighted by Crippen LogP contribution is 2.40. The zero-order valence-electron chi connectivity index (χ0n) is 20.0. The smallest absolute Gasteiger partial charge is 0.407 e. The highest BCUT2D eigenvalue weighted by molar-refractivity contribution is 8.00. The van der Waals surface area contributed by atoms with E-state index in [1.165, 1.54) is 22.9 Å². The summed E-state index contributed by atoms with van der Waals surface area (Å²) in [6.07, 6.45) is 1.10. The number of carbonyl (C=O) groups is 4. The van der Waals surface area contributed by atoms with Gasteiger partial charge in [0.25, 0.3) is 11.8 Å². The van der Waals surface area contributed by atoms with Crippen molar-refractivity contribution in [3.8, 4) is 0 Å². The summed E-state index contributed by atoms with van der Waals surface area (Å²) in [6.45, 7) is 7.28. The number of carboxylic acid groups (broad SMARTS) is 1. The number of nitrogens with one attached hydrogen (secondary N) is 2. The second-order valence-corrected chi connectivity index (χ2v) is 11.0. The van der Waals surface area contributed by atoms with E-state index in [1.807, 2.05) is 0 Å². The van der Waals surface area contributed by atoms with Crippen molar-refractivity contribution in [1.29, 1.82) is 0 Å². The van der Waals surface area contributed by atoms with Gasteiger partial charge < -0.3 is 35.9 Å². The van der Waals surface area contributed by atoms with Crippen LogP contribution in [-0.4, -0.2) is 84.4 Å². The van der Waals surface area contributed by atoms with E-state index in [1.54, 1.807) is 27.7 Å². The Labute approximate surface area is 214 Å². The van der Waals surface area contributed by atoms with E-state index in [0.717, 1.165) is 11.5 Å². The topological polar surface area (TPSA) is 198 Å². The molecule has 196 valence electrons. The molecule has 1 aromatic heterocycles. The third kappa shape index (κ3) is 6.63. The van der Waals surface area contributed by atoms with Gasteiger partial charge in [-0.1, -0.05) is 5.16 Å². The van der Waals surface area contributed by atoms with E-state index >= 15 is 0 Å². The largest absolute Gasteiger partial charge is 0.478 e. The third-order valence-electron chi connectivity index (χ3n) is 4.78. The lowest BCUT2D eigenvalue weighted by Gasteiger charge is -2.48. The second-order valence-electron chi connectivity index (χ2n) is 8.77. The average molecular weight is 542 g/mol. The first kappa shape index (κ1) is 27.2. The highest BCUT2D eigenvalue weighted by atomic mass is 32.2. The van der Waals surface area contributed by atoms with E-state index in [9.17, 15) is 24.3 Å². The summed E-state index contributed by atoms with van der Waals surface area (Å²) in [5.41, 5.74) is 4.85. The number of ether oxygens (including phenoxy) is 1. The van der Waals surface area contributed by atoms with Gasteiger partial charge in [-0.05, 0) is 27.7 Å². The maximum Gasteiger partial charge on any atom is 0.407 e. The number of aliphatic carboxylic acids is 1. The fraction of sp³-hybridized carbons (Fsp3) is 0.550. The zero-order chi connectivity index (χ0) is 26.6. The summed E-state index contributed by atoms with van der Waals surface area (Å²) in [5, 5.41) is 17.6. The number of rotatable bonds is 9. The quantitative estimate of drug-likeness (QED) is 0.147. The Bertz CT molecular complexity index is 1100. The van der Waals surface area contributed by atoms with Crippen molar-refractivity contribution in [2.45, 2.75) is 56.4 Å². The monoisotopic (exact) mass is 541 g/mol. The molecule has 0 aliphatic carbocycles. The first-order chi connectivity index (χ1) is 16.9. The Morgan fingerprint density at radius 1 is 1.33 bits per heavy atom. The number of thioether (sulfide) groups is 1. The number of β-lactam (4-membered cyclic amide) rings is 1. The van der Waals surface area contributed by atoms with Crippen LogP contribution >= 0.6 is 23.3 Å². The molecule has 3 atom stereocenters. The van der Waals surface area contributed by atoms with Crippen molar-refractivity contribution < 1.29 is 33.9 Å². The minimum atomic E-state index is -1.10. The van der Waals surface area contributed by atoms with E-state index in [2.05, 4.69) is 25.1 Å². The first-order valence-corrected chi connectivity index (χ1v) is 12.6. The van der Waals surface area contributed by atoms with Crippen LogP contribution in [0.5, 0.6) is 0 Å². The van der Waals surface area contributed by atoms with Crippen LogP contribution in [-0.2, 0) is 24.0 Å². The number of amides is 3. The van der Waals surface area contributed by atoms with Gasteiger partial charge in [-0.25, -0.2) is 9.59 Å². The molecule has 14 nitrogen and oxygen atoms in total. The lowest BCUT2D eigenvalue weighted by atomic mass is 10.1. The maximum absolute atomic E-state index is 13.0. The Balaban J connectivity index is 1.59. The number of nitrogens with zero attached hydrogens (tertiary/aromatic N) is 4. The SMILES string of the molecule is CC1S[C@@H]2C(NC(=O)C(=NOCCCNC(=O)OC(C)(C)C)c3nsc(N)n3)C(=O)N2C=C1C(=O)O. The molecule has 3 rings (SSSR count). The van der Waals surface area contributed by atoms with Crippen LogP contribution in [0, 0.1) is 0 Å². The van der Waals surface area contributed by atoms with Crippen molar-refractivity contribution in [3.63, 3.8) is 0 Å². The number of aromatic nitrogens is 2. The predicted molar refractivity (Wildman–Crippen MR) is 131 cm³/mol. The Morgan fingerprint density at radius 3 is 2.67 bits per heavy atom. The molecule has 0 radical (unpaired) electrons. The lowest BCUT2D eigenvalue weighted by molar-refractivity contribution is -0.144. The number of nitrogens with two attached hydrogens (primary N) is 1. The number of anilines is 1. The Hall–Kier alpha value is -3.40. The van der Waals surface area contributed by atoms with Crippen LogP contribution in [0.3, 0.4) is 0 Å². The fourth-order valence-electron chi connectivity index (χ4n) is 3.14. The molecule has 1 aromatic rings. The van der Waals surface area contributed by atoms with Crippen molar-refractivity contribution >= 4 is 58.0 Å². The van der Waals surface area contributed by atoms with Crippen molar-refractivity contribution in [1.82, 2.24) is 24.9 Å².